The van der Waals surface area contributed by atoms with E-state index in [-0.39, 0.29) is 5.91 Å². The Kier molecular flexibility index (Phi) is 6.14. The van der Waals surface area contributed by atoms with Crippen molar-refractivity contribution >= 4 is 52.4 Å². The van der Waals surface area contributed by atoms with E-state index in [0.717, 1.165) is 22.4 Å². The minimum absolute atomic E-state index is 0.262. The molecule has 2 aromatic carbocycles. The quantitative estimate of drug-likeness (QED) is 0.542. The molecule has 0 bridgehead atoms. The van der Waals surface area contributed by atoms with Crippen LogP contribution in [-0.4, -0.2) is 22.7 Å². The number of hydrogen-bond acceptors (Lipinski definition) is 2. The van der Waals surface area contributed by atoms with Gasteiger partial charge in [-0.1, -0.05) is 46.9 Å². The first-order valence-corrected chi connectivity index (χ1v) is 9.66. The van der Waals surface area contributed by atoms with E-state index in [1.54, 1.807) is 29.9 Å². The molecule has 0 aliphatic rings. The van der Waals surface area contributed by atoms with E-state index in [0.29, 0.717) is 26.4 Å². The molecule has 0 spiro atoms. The Morgan fingerprint density at radius 2 is 1.71 bits per heavy atom. The first kappa shape index (κ1) is 20.5. The van der Waals surface area contributed by atoms with Crippen LogP contribution in [0.25, 0.3) is 17.3 Å². The fourth-order valence-electron chi connectivity index (χ4n) is 3.00. The van der Waals surface area contributed by atoms with Crippen LogP contribution in [0.15, 0.2) is 42.5 Å². The van der Waals surface area contributed by atoms with Crippen LogP contribution in [-0.2, 0) is 0 Å². The first-order valence-electron chi connectivity index (χ1n) is 8.53. The van der Waals surface area contributed by atoms with Gasteiger partial charge in [0.1, 0.15) is 0 Å². The Morgan fingerprint density at radius 1 is 1.07 bits per heavy atom. The highest BCUT2D eigenvalue weighted by Gasteiger charge is 2.22. The van der Waals surface area contributed by atoms with Crippen LogP contribution in [0.1, 0.15) is 34.2 Å². The minimum Gasteiger partial charge on any atom is -0.354 e. The normalized spacial score (nSPS) is 11.6. The average Bonchev–Trinajstić information content (AvgIpc) is 3.00. The molecule has 0 radical (unpaired) electrons. The largest absolute Gasteiger partial charge is 0.354 e. The third-order valence-corrected chi connectivity index (χ3v) is 5.12. The maximum Gasteiger partial charge on any atom is 0.271 e. The highest BCUT2D eigenvalue weighted by atomic mass is 35.5. The maximum absolute atomic E-state index is 12.3. The molecule has 0 aliphatic heterocycles. The zero-order valence-electron chi connectivity index (χ0n) is 15.6. The van der Waals surface area contributed by atoms with Gasteiger partial charge >= 0.3 is 0 Å². The van der Waals surface area contributed by atoms with Crippen molar-refractivity contribution in [3.05, 3.63) is 80.0 Å². The Labute approximate surface area is 178 Å². The van der Waals surface area contributed by atoms with Crippen molar-refractivity contribution < 1.29 is 4.79 Å². The summed E-state index contributed by atoms with van der Waals surface area (Å²) < 4.78 is 1.68. The molecule has 0 unspecified atom stereocenters. The van der Waals surface area contributed by atoms with Gasteiger partial charge in [0.25, 0.3) is 5.91 Å². The van der Waals surface area contributed by atoms with Crippen LogP contribution in [0.2, 0.25) is 15.1 Å². The number of benzene rings is 2. The molecule has 144 valence electrons. The van der Waals surface area contributed by atoms with E-state index in [1.807, 2.05) is 44.2 Å². The molecule has 0 atom stereocenters. The highest BCUT2D eigenvalue weighted by molar-refractivity contribution is 6.35. The topological polar surface area (TPSA) is 46.9 Å². The molecule has 1 amide bonds. The van der Waals surface area contributed by atoms with Gasteiger partial charge in [0, 0.05) is 22.7 Å². The van der Waals surface area contributed by atoms with E-state index in [2.05, 4.69) is 10.4 Å². The van der Waals surface area contributed by atoms with Crippen molar-refractivity contribution in [2.45, 2.75) is 13.8 Å². The maximum atomic E-state index is 12.3. The lowest BCUT2D eigenvalue weighted by molar-refractivity contribution is 0.0957. The predicted octanol–water partition coefficient (Wildman–Crippen LogP) is 6.06. The summed E-state index contributed by atoms with van der Waals surface area (Å²) in [5.74, 6) is -0.262. The molecule has 28 heavy (non-hydrogen) atoms. The van der Waals surface area contributed by atoms with Crippen LogP contribution in [0.4, 0.5) is 0 Å². The smallest absolute Gasteiger partial charge is 0.271 e. The van der Waals surface area contributed by atoms with Gasteiger partial charge in [-0.05, 0) is 61.4 Å². The van der Waals surface area contributed by atoms with Crippen molar-refractivity contribution in [1.29, 1.82) is 0 Å². The SMILES string of the molecule is CNC(=O)c1nn(-c2ccc(Cl)cc2Cl)c(C(C)=Cc2ccc(Cl)cc2)c1C. The Morgan fingerprint density at radius 3 is 2.32 bits per heavy atom. The van der Waals surface area contributed by atoms with Crippen LogP contribution in [0, 0.1) is 6.92 Å². The van der Waals surface area contributed by atoms with E-state index in [1.165, 1.54) is 0 Å². The lowest BCUT2D eigenvalue weighted by Crippen LogP contribution is -2.19. The number of nitrogens with one attached hydrogen (secondary N) is 1. The molecule has 0 fully saturated rings. The number of rotatable bonds is 4. The number of hydrogen-bond donors (Lipinski definition) is 1. The third-order valence-electron chi connectivity index (χ3n) is 4.33. The van der Waals surface area contributed by atoms with E-state index >= 15 is 0 Å². The fourth-order valence-corrected chi connectivity index (χ4v) is 3.61. The summed E-state index contributed by atoms with van der Waals surface area (Å²) in [4.78, 5) is 12.3. The first-order chi connectivity index (χ1) is 13.3. The summed E-state index contributed by atoms with van der Waals surface area (Å²) in [6, 6.07) is 12.7. The molecule has 0 saturated carbocycles. The van der Waals surface area contributed by atoms with Crippen molar-refractivity contribution in [3.8, 4) is 5.69 Å². The van der Waals surface area contributed by atoms with Gasteiger partial charge in [0.15, 0.2) is 5.69 Å². The second-order valence-electron chi connectivity index (χ2n) is 6.29. The zero-order valence-corrected chi connectivity index (χ0v) is 17.8. The van der Waals surface area contributed by atoms with Crippen molar-refractivity contribution in [2.75, 3.05) is 7.05 Å². The standard InChI is InChI=1S/C21H18Cl3N3O/c1-12(10-14-4-6-15(22)7-5-14)20-13(2)19(21(28)25-3)26-27(20)18-9-8-16(23)11-17(18)24/h4-11H,1-3H3,(H,25,28). The molecule has 1 heterocycles. The molecule has 1 N–H and O–H groups in total. The average molecular weight is 435 g/mol. The Bertz CT molecular complexity index is 1070. The minimum atomic E-state index is -0.262. The molecule has 4 nitrogen and oxygen atoms in total. The molecular weight excluding hydrogens is 417 g/mol. The number of carbonyl (C=O) groups excluding carboxylic acids is 1. The molecule has 3 aromatic rings. The number of aromatic nitrogens is 2. The van der Waals surface area contributed by atoms with Crippen molar-refractivity contribution in [3.63, 3.8) is 0 Å². The highest BCUT2D eigenvalue weighted by Crippen LogP contribution is 2.31. The lowest BCUT2D eigenvalue weighted by Gasteiger charge is -2.11. The number of carbonyl (C=O) groups is 1. The second-order valence-corrected chi connectivity index (χ2v) is 7.57. The summed E-state index contributed by atoms with van der Waals surface area (Å²) in [7, 11) is 1.58. The summed E-state index contributed by atoms with van der Waals surface area (Å²) in [5, 5.41) is 8.81. The summed E-state index contributed by atoms with van der Waals surface area (Å²) in [6.07, 6.45) is 2.01. The van der Waals surface area contributed by atoms with E-state index < -0.39 is 0 Å². The molecule has 0 saturated heterocycles. The number of allylic oxidation sites excluding steroid dienone is 1. The summed E-state index contributed by atoms with van der Waals surface area (Å²) in [6.45, 7) is 3.83. The van der Waals surface area contributed by atoms with Gasteiger partial charge in [-0.3, -0.25) is 4.79 Å². The molecule has 1 aromatic heterocycles. The van der Waals surface area contributed by atoms with Gasteiger partial charge in [0.2, 0.25) is 0 Å². The molecular formula is C21H18Cl3N3O. The van der Waals surface area contributed by atoms with Gasteiger partial charge < -0.3 is 5.32 Å². The zero-order chi connectivity index (χ0) is 20.4. The van der Waals surface area contributed by atoms with Gasteiger partial charge in [0.05, 0.1) is 16.4 Å². The number of amides is 1. The third kappa shape index (κ3) is 4.09. The van der Waals surface area contributed by atoms with Crippen molar-refractivity contribution in [2.24, 2.45) is 0 Å². The van der Waals surface area contributed by atoms with Gasteiger partial charge in [-0.15, -0.1) is 0 Å². The molecule has 3 rings (SSSR count). The summed E-state index contributed by atoms with van der Waals surface area (Å²) in [5.41, 5.74) is 4.44. The monoisotopic (exact) mass is 433 g/mol. The van der Waals surface area contributed by atoms with Gasteiger partial charge in [-0.2, -0.15) is 5.10 Å². The summed E-state index contributed by atoms with van der Waals surface area (Å²) >= 11 is 18.4. The Balaban J connectivity index is 2.21. The number of halogens is 3. The van der Waals surface area contributed by atoms with Crippen LogP contribution in [0.5, 0.6) is 0 Å². The molecule has 7 heteroatoms. The van der Waals surface area contributed by atoms with Gasteiger partial charge in [-0.25, -0.2) is 4.68 Å². The van der Waals surface area contributed by atoms with Crippen molar-refractivity contribution in [1.82, 2.24) is 15.1 Å². The lowest BCUT2D eigenvalue weighted by atomic mass is 10.0. The number of nitrogens with zero attached hydrogens (tertiary/aromatic N) is 2. The Hall–Kier alpha value is -2.27. The van der Waals surface area contributed by atoms with Crippen LogP contribution < -0.4 is 5.32 Å². The second kappa shape index (κ2) is 8.39. The molecule has 0 aliphatic carbocycles. The van der Waals surface area contributed by atoms with Crippen LogP contribution >= 0.6 is 34.8 Å². The van der Waals surface area contributed by atoms with Crippen LogP contribution in [0.3, 0.4) is 0 Å². The van der Waals surface area contributed by atoms with E-state index in [9.17, 15) is 4.79 Å². The predicted molar refractivity (Wildman–Crippen MR) is 117 cm³/mol. The van der Waals surface area contributed by atoms with E-state index in [4.69, 9.17) is 34.8 Å². The fraction of sp³-hybridized carbons (Fsp3) is 0.143.